The van der Waals surface area contributed by atoms with E-state index in [0.29, 0.717) is 15.7 Å². The summed E-state index contributed by atoms with van der Waals surface area (Å²) in [4.78, 5) is 4.31. The standard InChI is InChI=1S/C13H9Cl2N3/c14-9-2-1-3-12(13(9)15)18-7-17-10-6-8(16)4-5-11(10)18/h1-7H,16H2. The monoisotopic (exact) mass is 277 g/mol. The Morgan fingerprint density at radius 3 is 2.78 bits per heavy atom. The molecule has 0 bridgehead atoms. The van der Waals surface area contributed by atoms with Crippen molar-refractivity contribution in [3.05, 3.63) is 52.8 Å². The van der Waals surface area contributed by atoms with E-state index >= 15 is 0 Å². The molecule has 3 rings (SSSR count). The Labute approximate surface area is 114 Å². The van der Waals surface area contributed by atoms with E-state index in [1.807, 2.05) is 34.9 Å². The molecule has 0 fully saturated rings. The molecule has 3 nitrogen and oxygen atoms in total. The molecule has 0 amide bonds. The van der Waals surface area contributed by atoms with Gasteiger partial charge < -0.3 is 5.73 Å². The zero-order valence-electron chi connectivity index (χ0n) is 9.27. The Balaban J connectivity index is 2.29. The van der Waals surface area contributed by atoms with Gasteiger partial charge in [0.2, 0.25) is 0 Å². The van der Waals surface area contributed by atoms with Crippen molar-refractivity contribution < 1.29 is 0 Å². The maximum atomic E-state index is 6.21. The van der Waals surface area contributed by atoms with Crippen molar-refractivity contribution in [2.45, 2.75) is 0 Å². The van der Waals surface area contributed by atoms with Crippen LogP contribution < -0.4 is 5.73 Å². The van der Waals surface area contributed by atoms with Crippen LogP contribution in [0.3, 0.4) is 0 Å². The second-order valence-electron chi connectivity index (χ2n) is 3.94. The highest BCUT2D eigenvalue weighted by molar-refractivity contribution is 6.43. The molecule has 0 aliphatic carbocycles. The predicted octanol–water partition coefficient (Wildman–Crippen LogP) is 3.91. The van der Waals surface area contributed by atoms with Gasteiger partial charge in [0, 0.05) is 5.69 Å². The summed E-state index contributed by atoms with van der Waals surface area (Å²) in [6.07, 6.45) is 1.71. The van der Waals surface area contributed by atoms with Crippen molar-refractivity contribution in [3.8, 4) is 5.69 Å². The number of aromatic nitrogens is 2. The quantitative estimate of drug-likeness (QED) is 0.686. The van der Waals surface area contributed by atoms with Gasteiger partial charge in [-0.2, -0.15) is 0 Å². The molecule has 0 atom stereocenters. The van der Waals surface area contributed by atoms with Gasteiger partial charge in [-0.3, -0.25) is 4.57 Å². The minimum Gasteiger partial charge on any atom is -0.399 e. The van der Waals surface area contributed by atoms with E-state index < -0.39 is 0 Å². The summed E-state index contributed by atoms with van der Waals surface area (Å²) in [5, 5.41) is 1.03. The number of nitrogens with zero attached hydrogens (tertiary/aromatic N) is 2. The number of hydrogen-bond donors (Lipinski definition) is 1. The summed E-state index contributed by atoms with van der Waals surface area (Å²) in [6.45, 7) is 0. The SMILES string of the molecule is Nc1ccc2c(c1)ncn2-c1cccc(Cl)c1Cl. The molecule has 5 heteroatoms. The minimum absolute atomic E-state index is 0.510. The smallest absolute Gasteiger partial charge is 0.100 e. The molecule has 90 valence electrons. The van der Waals surface area contributed by atoms with Crippen LogP contribution >= 0.6 is 23.2 Å². The molecule has 0 saturated heterocycles. The number of rotatable bonds is 1. The molecule has 3 aromatic rings. The van der Waals surface area contributed by atoms with Gasteiger partial charge in [0.25, 0.3) is 0 Å². The van der Waals surface area contributed by atoms with Crippen molar-refractivity contribution in [2.75, 3.05) is 5.73 Å². The van der Waals surface area contributed by atoms with Crippen molar-refractivity contribution in [2.24, 2.45) is 0 Å². The highest BCUT2D eigenvalue weighted by Crippen LogP contribution is 2.30. The summed E-state index contributed by atoms with van der Waals surface area (Å²) in [7, 11) is 0. The van der Waals surface area contributed by atoms with E-state index in [9.17, 15) is 0 Å². The van der Waals surface area contributed by atoms with Gasteiger partial charge in [0.05, 0.1) is 26.8 Å². The average Bonchev–Trinajstić information content (AvgIpc) is 2.75. The van der Waals surface area contributed by atoms with Crippen LogP contribution in [0.25, 0.3) is 16.7 Å². The number of nitrogens with two attached hydrogens (primary N) is 1. The van der Waals surface area contributed by atoms with Crippen molar-refractivity contribution in [1.29, 1.82) is 0 Å². The molecular formula is C13H9Cl2N3. The lowest BCUT2D eigenvalue weighted by Gasteiger charge is -2.07. The average molecular weight is 278 g/mol. The molecular weight excluding hydrogens is 269 g/mol. The lowest BCUT2D eigenvalue weighted by atomic mass is 10.2. The van der Waals surface area contributed by atoms with E-state index in [-0.39, 0.29) is 0 Å². The summed E-state index contributed by atoms with van der Waals surface area (Å²) in [5.41, 5.74) is 8.98. The number of hydrogen-bond acceptors (Lipinski definition) is 2. The lowest BCUT2D eigenvalue weighted by molar-refractivity contribution is 1.09. The minimum atomic E-state index is 0.510. The Morgan fingerprint density at radius 1 is 1.11 bits per heavy atom. The zero-order chi connectivity index (χ0) is 12.7. The largest absolute Gasteiger partial charge is 0.399 e. The third kappa shape index (κ3) is 1.72. The highest BCUT2D eigenvalue weighted by atomic mass is 35.5. The molecule has 0 spiro atoms. The fraction of sp³-hybridized carbons (Fsp3) is 0. The van der Waals surface area contributed by atoms with Gasteiger partial charge in [-0.05, 0) is 30.3 Å². The van der Waals surface area contributed by atoms with E-state index in [1.54, 1.807) is 12.4 Å². The first kappa shape index (κ1) is 11.4. The molecule has 0 radical (unpaired) electrons. The van der Waals surface area contributed by atoms with Crippen LogP contribution in [0.4, 0.5) is 5.69 Å². The van der Waals surface area contributed by atoms with E-state index in [4.69, 9.17) is 28.9 Å². The third-order valence-electron chi connectivity index (χ3n) is 2.76. The Kier molecular flexibility index (Phi) is 2.65. The van der Waals surface area contributed by atoms with E-state index in [1.165, 1.54) is 0 Å². The summed E-state index contributed by atoms with van der Waals surface area (Å²) in [6, 6.07) is 11.1. The van der Waals surface area contributed by atoms with Gasteiger partial charge in [0.15, 0.2) is 0 Å². The molecule has 0 saturated carbocycles. The van der Waals surface area contributed by atoms with Gasteiger partial charge in [-0.25, -0.2) is 4.98 Å². The third-order valence-corrected chi connectivity index (χ3v) is 3.57. The summed E-state index contributed by atoms with van der Waals surface area (Å²) in [5.74, 6) is 0. The second kappa shape index (κ2) is 4.19. The van der Waals surface area contributed by atoms with Crippen molar-refractivity contribution >= 4 is 39.9 Å². The molecule has 2 aromatic carbocycles. The molecule has 0 aliphatic heterocycles. The van der Waals surface area contributed by atoms with Crippen LogP contribution in [0.1, 0.15) is 0 Å². The van der Waals surface area contributed by atoms with Crippen LogP contribution in [-0.4, -0.2) is 9.55 Å². The van der Waals surface area contributed by atoms with Crippen LogP contribution in [0.5, 0.6) is 0 Å². The van der Waals surface area contributed by atoms with Crippen LogP contribution in [0.2, 0.25) is 10.0 Å². The fourth-order valence-electron chi connectivity index (χ4n) is 1.90. The number of nitrogen functional groups attached to an aromatic ring is 1. The molecule has 1 aromatic heterocycles. The zero-order valence-corrected chi connectivity index (χ0v) is 10.8. The van der Waals surface area contributed by atoms with E-state index in [0.717, 1.165) is 16.7 Å². The Hall–Kier alpha value is -1.71. The second-order valence-corrected chi connectivity index (χ2v) is 4.72. The van der Waals surface area contributed by atoms with Crippen molar-refractivity contribution in [1.82, 2.24) is 9.55 Å². The van der Waals surface area contributed by atoms with Gasteiger partial charge in [-0.15, -0.1) is 0 Å². The number of imidazole rings is 1. The molecule has 1 heterocycles. The number of fused-ring (bicyclic) bond motifs is 1. The maximum absolute atomic E-state index is 6.21. The maximum Gasteiger partial charge on any atom is 0.100 e. The first-order valence-electron chi connectivity index (χ1n) is 5.34. The van der Waals surface area contributed by atoms with Gasteiger partial charge in [0.1, 0.15) is 6.33 Å². The Bertz CT molecular complexity index is 734. The van der Waals surface area contributed by atoms with Gasteiger partial charge in [-0.1, -0.05) is 29.3 Å². The molecule has 18 heavy (non-hydrogen) atoms. The van der Waals surface area contributed by atoms with E-state index in [2.05, 4.69) is 4.98 Å². The van der Waals surface area contributed by atoms with Crippen molar-refractivity contribution in [3.63, 3.8) is 0 Å². The Morgan fingerprint density at radius 2 is 1.94 bits per heavy atom. The number of anilines is 1. The number of halogens is 2. The number of benzene rings is 2. The molecule has 2 N–H and O–H groups in total. The highest BCUT2D eigenvalue weighted by Gasteiger charge is 2.09. The van der Waals surface area contributed by atoms with Crippen LogP contribution in [0.15, 0.2) is 42.7 Å². The summed E-state index contributed by atoms with van der Waals surface area (Å²) < 4.78 is 1.89. The van der Waals surface area contributed by atoms with Crippen LogP contribution in [0, 0.1) is 0 Å². The first-order valence-corrected chi connectivity index (χ1v) is 6.09. The normalized spacial score (nSPS) is 11.0. The topological polar surface area (TPSA) is 43.8 Å². The van der Waals surface area contributed by atoms with Crippen LogP contribution in [-0.2, 0) is 0 Å². The molecule has 0 unspecified atom stereocenters. The fourth-order valence-corrected chi connectivity index (χ4v) is 2.29. The first-order chi connectivity index (χ1) is 8.66. The lowest BCUT2D eigenvalue weighted by Crippen LogP contribution is -1.93. The summed E-state index contributed by atoms with van der Waals surface area (Å²) >= 11 is 12.2. The molecule has 0 aliphatic rings. The van der Waals surface area contributed by atoms with Gasteiger partial charge >= 0.3 is 0 Å². The predicted molar refractivity (Wildman–Crippen MR) is 75.5 cm³/mol.